The maximum absolute atomic E-state index is 12.7. The molecule has 0 unspecified atom stereocenters. The molecule has 0 radical (unpaired) electrons. The summed E-state index contributed by atoms with van der Waals surface area (Å²) in [5.41, 5.74) is -0.116. The van der Waals surface area contributed by atoms with Gasteiger partial charge in [0.05, 0.1) is 12.1 Å². The lowest BCUT2D eigenvalue weighted by molar-refractivity contribution is 0.697. The Morgan fingerprint density at radius 1 is 1.03 bits per heavy atom. The van der Waals surface area contributed by atoms with Gasteiger partial charge in [0.25, 0.3) is 11.1 Å². The van der Waals surface area contributed by atoms with E-state index in [9.17, 15) is 14.4 Å². The Hall–Kier alpha value is -3.25. The number of hydrogen-bond donors (Lipinski definition) is 0. The molecule has 5 aromatic heterocycles. The van der Waals surface area contributed by atoms with Gasteiger partial charge in [-0.25, -0.2) is 4.79 Å². The van der Waals surface area contributed by atoms with Crippen LogP contribution in [0.25, 0.3) is 27.2 Å². The van der Waals surface area contributed by atoms with Crippen LogP contribution >= 0.6 is 22.9 Å². The molecule has 29 heavy (non-hydrogen) atoms. The number of halogens is 1. The molecule has 0 spiro atoms. The van der Waals surface area contributed by atoms with E-state index in [4.69, 9.17) is 11.6 Å². The molecule has 0 aliphatic heterocycles. The van der Waals surface area contributed by atoms with E-state index in [1.165, 1.54) is 39.1 Å². The molecule has 5 aromatic rings. The Morgan fingerprint density at radius 2 is 1.79 bits per heavy atom. The van der Waals surface area contributed by atoms with Crippen LogP contribution in [0.15, 0.2) is 25.8 Å². The quantitative estimate of drug-likeness (QED) is 0.365. The van der Waals surface area contributed by atoms with Crippen molar-refractivity contribution in [3.05, 3.63) is 53.7 Å². The molecule has 148 valence electrons. The fraction of sp³-hybridized carbons (Fsp3) is 0.250. The van der Waals surface area contributed by atoms with E-state index in [-0.39, 0.29) is 28.6 Å². The molecule has 0 fully saturated rings. The van der Waals surface area contributed by atoms with Gasteiger partial charge >= 0.3 is 5.69 Å². The lowest BCUT2D eigenvalue weighted by Crippen LogP contribution is -2.37. The van der Waals surface area contributed by atoms with Crippen LogP contribution in [-0.2, 0) is 27.7 Å². The molecule has 0 aliphatic rings. The molecule has 0 N–H and O–H groups in total. The van der Waals surface area contributed by atoms with Gasteiger partial charge in [-0.1, -0.05) is 0 Å². The van der Waals surface area contributed by atoms with Crippen LogP contribution in [0.1, 0.15) is 5.82 Å². The van der Waals surface area contributed by atoms with Gasteiger partial charge in [0.15, 0.2) is 17.0 Å². The standard InChI is InChI=1S/C16H13ClN8O3S/c1-21-11-9(12(26)23(3)16(21)28)24(14(17)18-11)6-8-19-20-15-22(2)13(27)10-7(25(8)15)4-5-29-10/h4-5H,6H2,1-3H3. The number of nitrogens with zero attached hydrogens (tertiary/aromatic N) is 8. The number of aromatic nitrogens is 8. The molecule has 5 heterocycles. The first-order valence-electron chi connectivity index (χ1n) is 8.43. The normalized spacial score (nSPS) is 12.0. The topological polar surface area (TPSA) is 114 Å². The Labute approximate surface area is 169 Å². The lowest BCUT2D eigenvalue weighted by atomic mass is 10.4. The highest BCUT2D eigenvalue weighted by Gasteiger charge is 2.21. The molecule has 0 aromatic carbocycles. The van der Waals surface area contributed by atoms with Crippen LogP contribution in [0.2, 0.25) is 5.28 Å². The van der Waals surface area contributed by atoms with Crippen LogP contribution < -0.4 is 16.8 Å². The predicted octanol–water partition coefficient (Wildman–Crippen LogP) is 0.0915. The summed E-state index contributed by atoms with van der Waals surface area (Å²) in [6.45, 7) is 0.0765. The van der Waals surface area contributed by atoms with Gasteiger partial charge in [-0.2, -0.15) is 4.98 Å². The third kappa shape index (κ3) is 2.23. The number of aryl methyl sites for hydroxylation is 2. The molecule has 0 saturated heterocycles. The summed E-state index contributed by atoms with van der Waals surface area (Å²) in [5.74, 6) is 0.841. The van der Waals surface area contributed by atoms with Crippen LogP contribution in [0.4, 0.5) is 0 Å². The van der Waals surface area contributed by atoms with Crippen molar-refractivity contribution < 1.29 is 0 Å². The van der Waals surface area contributed by atoms with Crippen molar-refractivity contribution in [3.63, 3.8) is 0 Å². The van der Waals surface area contributed by atoms with Gasteiger partial charge in [-0.3, -0.25) is 27.7 Å². The predicted molar refractivity (Wildman–Crippen MR) is 108 cm³/mol. The summed E-state index contributed by atoms with van der Waals surface area (Å²) in [4.78, 5) is 41.6. The van der Waals surface area contributed by atoms with Crippen LogP contribution in [0.5, 0.6) is 0 Å². The Bertz CT molecular complexity index is 1650. The number of hydrogen-bond acceptors (Lipinski definition) is 7. The lowest BCUT2D eigenvalue weighted by Gasteiger charge is -2.08. The molecule has 0 atom stereocenters. The summed E-state index contributed by atoms with van der Waals surface area (Å²) >= 11 is 7.65. The average molecular weight is 433 g/mol. The van der Waals surface area contributed by atoms with Gasteiger partial charge < -0.3 is 4.57 Å². The molecular weight excluding hydrogens is 420 g/mol. The van der Waals surface area contributed by atoms with E-state index in [0.717, 1.165) is 4.57 Å². The van der Waals surface area contributed by atoms with Crippen molar-refractivity contribution in [1.29, 1.82) is 0 Å². The second-order valence-electron chi connectivity index (χ2n) is 6.60. The van der Waals surface area contributed by atoms with Gasteiger partial charge in [0, 0.05) is 21.1 Å². The number of imidazole rings is 1. The Kier molecular flexibility index (Phi) is 3.61. The molecule has 0 bridgehead atoms. The summed E-state index contributed by atoms with van der Waals surface area (Å²) in [6, 6.07) is 1.82. The second-order valence-corrected chi connectivity index (χ2v) is 7.85. The fourth-order valence-corrected chi connectivity index (χ4v) is 4.54. The van der Waals surface area contributed by atoms with Crippen LogP contribution in [0, 0.1) is 0 Å². The molecule has 13 heteroatoms. The zero-order chi connectivity index (χ0) is 20.6. The number of fused-ring (bicyclic) bond motifs is 4. The summed E-state index contributed by atoms with van der Waals surface area (Å²) in [5, 5.41) is 10.2. The number of thiophene rings is 1. The van der Waals surface area contributed by atoms with E-state index in [0.29, 0.717) is 21.8 Å². The van der Waals surface area contributed by atoms with E-state index in [1.54, 1.807) is 11.4 Å². The van der Waals surface area contributed by atoms with E-state index in [1.807, 2.05) is 11.4 Å². The highest BCUT2D eigenvalue weighted by Crippen LogP contribution is 2.21. The first-order valence-corrected chi connectivity index (χ1v) is 9.69. The molecule has 5 rings (SSSR count). The Morgan fingerprint density at radius 3 is 2.55 bits per heavy atom. The molecule has 0 aliphatic carbocycles. The molecule has 0 saturated carbocycles. The largest absolute Gasteiger partial charge is 0.332 e. The van der Waals surface area contributed by atoms with Crippen LogP contribution in [-0.4, -0.2) is 37.9 Å². The Balaban J connectivity index is 1.83. The highest BCUT2D eigenvalue weighted by atomic mass is 35.5. The molecule has 11 nitrogen and oxygen atoms in total. The maximum Gasteiger partial charge on any atom is 0.332 e. The van der Waals surface area contributed by atoms with Gasteiger partial charge in [-0.15, -0.1) is 21.5 Å². The second kappa shape index (κ2) is 5.87. The average Bonchev–Trinajstić information content (AvgIpc) is 3.41. The maximum atomic E-state index is 12.7. The third-order valence-corrected chi connectivity index (χ3v) is 6.18. The van der Waals surface area contributed by atoms with E-state index in [2.05, 4.69) is 15.2 Å². The van der Waals surface area contributed by atoms with Gasteiger partial charge in [-0.05, 0) is 23.0 Å². The minimum absolute atomic E-state index is 0.0430. The van der Waals surface area contributed by atoms with Crippen molar-refractivity contribution in [3.8, 4) is 0 Å². The smallest absolute Gasteiger partial charge is 0.301 e. The first-order chi connectivity index (χ1) is 13.8. The summed E-state index contributed by atoms with van der Waals surface area (Å²) in [7, 11) is 4.54. The zero-order valence-corrected chi connectivity index (χ0v) is 17.0. The first kappa shape index (κ1) is 17.8. The minimum atomic E-state index is -0.510. The van der Waals surface area contributed by atoms with Crippen LogP contribution in [0.3, 0.4) is 0 Å². The van der Waals surface area contributed by atoms with E-state index < -0.39 is 11.2 Å². The summed E-state index contributed by atoms with van der Waals surface area (Å²) in [6.07, 6.45) is 0. The SMILES string of the molecule is Cn1c(=O)c2c(nc(Cl)n2Cc2nnc3n(C)c(=O)c4sccc4n23)n(C)c1=O. The van der Waals surface area contributed by atoms with Gasteiger partial charge in [0.1, 0.15) is 4.70 Å². The zero-order valence-electron chi connectivity index (χ0n) is 15.5. The minimum Gasteiger partial charge on any atom is -0.301 e. The third-order valence-electron chi connectivity index (χ3n) is 5.00. The monoisotopic (exact) mass is 432 g/mol. The highest BCUT2D eigenvalue weighted by molar-refractivity contribution is 7.17. The van der Waals surface area contributed by atoms with Gasteiger partial charge in [0.2, 0.25) is 11.1 Å². The van der Waals surface area contributed by atoms with Crippen molar-refractivity contribution in [2.75, 3.05) is 0 Å². The van der Waals surface area contributed by atoms with Crippen molar-refractivity contribution in [2.24, 2.45) is 21.1 Å². The van der Waals surface area contributed by atoms with Crippen molar-refractivity contribution in [2.45, 2.75) is 6.54 Å². The van der Waals surface area contributed by atoms with E-state index >= 15 is 0 Å². The molecular formula is C16H13ClN8O3S. The molecule has 0 amide bonds. The summed E-state index contributed by atoms with van der Waals surface area (Å²) < 4.78 is 7.49. The van der Waals surface area contributed by atoms with Crippen molar-refractivity contribution >= 4 is 50.1 Å². The van der Waals surface area contributed by atoms with Crippen molar-refractivity contribution in [1.82, 2.24) is 37.9 Å². The number of rotatable bonds is 2. The fourth-order valence-electron chi connectivity index (χ4n) is 3.46.